The maximum absolute atomic E-state index is 12.9. The first-order chi connectivity index (χ1) is 14.4. The Kier molecular flexibility index (Phi) is 5.10. The van der Waals surface area contributed by atoms with Crippen LogP contribution in [-0.2, 0) is 0 Å². The monoisotopic (exact) mass is 400 g/mol. The van der Waals surface area contributed by atoms with Crippen molar-refractivity contribution < 1.29 is 4.79 Å². The fourth-order valence-electron chi connectivity index (χ4n) is 3.26. The Morgan fingerprint density at radius 3 is 1.50 bits per heavy atom. The molecule has 0 spiro atoms. The molecule has 152 valence electrons. The summed E-state index contributed by atoms with van der Waals surface area (Å²) < 4.78 is 0. The van der Waals surface area contributed by atoms with E-state index in [1.165, 1.54) is 0 Å². The molecule has 7 heteroatoms. The van der Waals surface area contributed by atoms with E-state index in [9.17, 15) is 4.79 Å². The van der Waals surface area contributed by atoms with Crippen molar-refractivity contribution in [3.8, 4) is 0 Å². The minimum absolute atomic E-state index is 0.322. The number of para-hydroxylation sites is 2. The van der Waals surface area contributed by atoms with Gasteiger partial charge in [-0.25, -0.2) is 14.8 Å². The third kappa shape index (κ3) is 3.82. The summed E-state index contributed by atoms with van der Waals surface area (Å²) in [6.07, 6.45) is 0. The van der Waals surface area contributed by atoms with E-state index >= 15 is 0 Å². The number of nitrogens with zero attached hydrogens (tertiary/aromatic N) is 4. The van der Waals surface area contributed by atoms with Crippen molar-refractivity contribution >= 4 is 50.8 Å². The van der Waals surface area contributed by atoms with Crippen LogP contribution in [0.15, 0.2) is 60.7 Å². The number of amides is 2. The van der Waals surface area contributed by atoms with Crippen LogP contribution < -0.4 is 20.4 Å². The third-order valence-corrected chi connectivity index (χ3v) is 4.82. The zero-order valence-corrected chi connectivity index (χ0v) is 17.5. The first-order valence-corrected chi connectivity index (χ1v) is 9.64. The molecule has 2 amide bonds. The third-order valence-electron chi connectivity index (χ3n) is 4.82. The van der Waals surface area contributed by atoms with Gasteiger partial charge in [-0.1, -0.05) is 36.4 Å². The summed E-state index contributed by atoms with van der Waals surface area (Å²) in [5.74, 6) is 1.54. The molecule has 2 aromatic heterocycles. The lowest BCUT2D eigenvalue weighted by Gasteiger charge is -2.17. The summed E-state index contributed by atoms with van der Waals surface area (Å²) in [5, 5.41) is 7.75. The molecule has 0 aliphatic heterocycles. The molecule has 30 heavy (non-hydrogen) atoms. The highest BCUT2D eigenvalue weighted by molar-refractivity contribution is 6.09. The molecule has 4 rings (SSSR count). The molecule has 2 aromatic carbocycles. The Morgan fingerprint density at radius 1 is 0.700 bits per heavy atom. The fraction of sp³-hybridized carbons (Fsp3) is 0.174. The zero-order chi connectivity index (χ0) is 21.3. The van der Waals surface area contributed by atoms with Gasteiger partial charge in [0.25, 0.3) is 0 Å². The van der Waals surface area contributed by atoms with Crippen LogP contribution in [0.1, 0.15) is 0 Å². The van der Waals surface area contributed by atoms with Crippen molar-refractivity contribution in [3.05, 3.63) is 60.7 Å². The molecular weight excluding hydrogens is 376 g/mol. The van der Waals surface area contributed by atoms with Crippen molar-refractivity contribution in [3.63, 3.8) is 0 Å². The van der Waals surface area contributed by atoms with E-state index in [0.29, 0.717) is 11.4 Å². The van der Waals surface area contributed by atoms with Gasteiger partial charge in [0.15, 0.2) is 0 Å². The summed E-state index contributed by atoms with van der Waals surface area (Å²) in [5.41, 5.74) is 3.05. The highest BCUT2D eigenvalue weighted by Gasteiger charge is 2.13. The molecule has 0 atom stereocenters. The minimum atomic E-state index is -0.322. The number of urea groups is 1. The maximum Gasteiger partial charge on any atom is 0.323 e. The highest BCUT2D eigenvalue weighted by Crippen LogP contribution is 2.29. The first kappa shape index (κ1) is 19.4. The number of pyridine rings is 2. The Bertz CT molecular complexity index is 1140. The second-order valence-corrected chi connectivity index (χ2v) is 7.46. The molecule has 0 aliphatic rings. The van der Waals surface area contributed by atoms with Crippen molar-refractivity contribution in [2.24, 2.45) is 0 Å². The lowest BCUT2D eigenvalue weighted by molar-refractivity contribution is 0.262. The Morgan fingerprint density at radius 2 is 1.10 bits per heavy atom. The van der Waals surface area contributed by atoms with E-state index in [1.807, 2.05) is 98.7 Å². The summed E-state index contributed by atoms with van der Waals surface area (Å²) in [6, 6.07) is 18.9. The lowest BCUT2D eigenvalue weighted by Crippen LogP contribution is -2.21. The molecule has 4 aromatic rings. The van der Waals surface area contributed by atoms with Crippen molar-refractivity contribution in [1.29, 1.82) is 0 Å². The van der Waals surface area contributed by atoms with Crippen LogP contribution >= 0.6 is 0 Å². The average molecular weight is 400 g/mol. The van der Waals surface area contributed by atoms with Gasteiger partial charge in [0.05, 0.1) is 22.4 Å². The van der Waals surface area contributed by atoms with Gasteiger partial charge in [-0.3, -0.25) is 0 Å². The smallest absolute Gasteiger partial charge is 0.323 e. The number of aromatic nitrogens is 2. The minimum Gasteiger partial charge on any atom is -0.363 e. The number of carbonyl (C=O) groups excluding carboxylic acids is 1. The summed E-state index contributed by atoms with van der Waals surface area (Å²) in [4.78, 5) is 26.0. The standard InChI is InChI=1S/C23H24N6O/c1-28(2)21-13-19(15-9-5-7-11-17(15)24-21)26-23(30)27-20-14-22(29(3)4)25-18-12-8-6-10-16(18)20/h5-14H,1-4H3,(H2,24,25,26,27,30). The summed E-state index contributed by atoms with van der Waals surface area (Å²) in [6.45, 7) is 0. The van der Waals surface area contributed by atoms with Gasteiger partial charge in [-0.05, 0) is 12.1 Å². The van der Waals surface area contributed by atoms with Gasteiger partial charge in [0.2, 0.25) is 0 Å². The number of anilines is 4. The van der Waals surface area contributed by atoms with Gasteiger partial charge in [0, 0.05) is 51.1 Å². The normalized spacial score (nSPS) is 10.8. The fourth-order valence-corrected chi connectivity index (χ4v) is 3.26. The topological polar surface area (TPSA) is 73.4 Å². The maximum atomic E-state index is 12.9. The number of hydrogen-bond donors (Lipinski definition) is 2. The lowest BCUT2D eigenvalue weighted by atomic mass is 10.1. The number of carbonyl (C=O) groups is 1. The highest BCUT2D eigenvalue weighted by atomic mass is 16.2. The number of hydrogen-bond acceptors (Lipinski definition) is 5. The molecule has 0 bridgehead atoms. The second-order valence-electron chi connectivity index (χ2n) is 7.46. The first-order valence-electron chi connectivity index (χ1n) is 9.64. The molecule has 7 nitrogen and oxygen atoms in total. The molecule has 2 heterocycles. The van der Waals surface area contributed by atoms with E-state index in [-0.39, 0.29) is 6.03 Å². The van der Waals surface area contributed by atoms with Crippen molar-refractivity contribution in [1.82, 2.24) is 9.97 Å². The molecular formula is C23H24N6O. The quantitative estimate of drug-likeness (QED) is 0.525. The van der Waals surface area contributed by atoms with E-state index in [2.05, 4.69) is 20.6 Å². The van der Waals surface area contributed by atoms with Crippen LogP contribution in [0.25, 0.3) is 21.8 Å². The van der Waals surface area contributed by atoms with Crippen LogP contribution in [-0.4, -0.2) is 44.2 Å². The number of nitrogens with one attached hydrogen (secondary N) is 2. The number of fused-ring (bicyclic) bond motifs is 2. The predicted molar refractivity (Wildman–Crippen MR) is 125 cm³/mol. The van der Waals surface area contributed by atoms with Gasteiger partial charge in [-0.2, -0.15) is 0 Å². The van der Waals surface area contributed by atoms with Crippen LogP contribution in [0.4, 0.5) is 27.8 Å². The summed E-state index contributed by atoms with van der Waals surface area (Å²) >= 11 is 0. The average Bonchev–Trinajstić information content (AvgIpc) is 2.73. The molecule has 0 radical (unpaired) electrons. The predicted octanol–water partition coefficient (Wildman–Crippen LogP) is 4.56. The largest absolute Gasteiger partial charge is 0.363 e. The summed E-state index contributed by atoms with van der Waals surface area (Å²) in [7, 11) is 7.69. The van der Waals surface area contributed by atoms with E-state index < -0.39 is 0 Å². The molecule has 0 aliphatic carbocycles. The van der Waals surface area contributed by atoms with E-state index in [4.69, 9.17) is 0 Å². The Labute approximate surface area is 175 Å². The van der Waals surface area contributed by atoms with Gasteiger partial charge in [-0.15, -0.1) is 0 Å². The van der Waals surface area contributed by atoms with Crippen molar-refractivity contribution in [2.45, 2.75) is 0 Å². The Hall–Kier alpha value is -3.87. The molecule has 0 saturated carbocycles. The van der Waals surface area contributed by atoms with Crippen LogP contribution in [0.3, 0.4) is 0 Å². The number of rotatable bonds is 4. The van der Waals surface area contributed by atoms with E-state index in [0.717, 1.165) is 33.4 Å². The Balaban J connectivity index is 1.69. The molecule has 0 fully saturated rings. The van der Waals surface area contributed by atoms with Crippen LogP contribution in [0.2, 0.25) is 0 Å². The van der Waals surface area contributed by atoms with Gasteiger partial charge in [0.1, 0.15) is 11.6 Å². The molecule has 0 saturated heterocycles. The van der Waals surface area contributed by atoms with Crippen LogP contribution in [0, 0.1) is 0 Å². The zero-order valence-electron chi connectivity index (χ0n) is 17.5. The second kappa shape index (κ2) is 7.87. The van der Waals surface area contributed by atoms with Gasteiger partial charge >= 0.3 is 6.03 Å². The van der Waals surface area contributed by atoms with Crippen LogP contribution in [0.5, 0.6) is 0 Å². The van der Waals surface area contributed by atoms with Gasteiger partial charge < -0.3 is 20.4 Å². The molecule has 0 unspecified atom stereocenters. The number of benzene rings is 2. The van der Waals surface area contributed by atoms with E-state index in [1.54, 1.807) is 0 Å². The molecule has 2 N–H and O–H groups in total. The van der Waals surface area contributed by atoms with Crippen molar-refractivity contribution in [2.75, 3.05) is 48.6 Å². The SMILES string of the molecule is CN(C)c1cc(NC(=O)Nc2cc(N(C)C)nc3ccccc23)c2ccccc2n1.